The lowest BCUT2D eigenvalue weighted by molar-refractivity contribution is -0.120. The Balaban J connectivity index is 1.49. The minimum Gasteiger partial charge on any atom is -0.343 e. The number of amides is 3. The lowest BCUT2D eigenvalue weighted by Crippen LogP contribution is -2.46. The van der Waals surface area contributed by atoms with E-state index in [4.69, 9.17) is 23.2 Å². The topological polar surface area (TPSA) is 87.3 Å². The Morgan fingerprint density at radius 3 is 2.33 bits per heavy atom. The van der Waals surface area contributed by atoms with Gasteiger partial charge in [-0.3, -0.25) is 25.2 Å². The number of hydrazine groups is 1. The third kappa shape index (κ3) is 5.56. The van der Waals surface area contributed by atoms with Crippen molar-refractivity contribution < 1.29 is 18.8 Å². The van der Waals surface area contributed by atoms with Gasteiger partial charge in [-0.15, -0.1) is 11.3 Å². The van der Waals surface area contributed by atoms with E-state index in [1.54, 1.807) is 24.3 Å². The molecule has 6 nitrogen and oxygen atoms in total. The van der Waals surface area contributed by atoms with E-state index < -0.39 is 17.7 Å². The number of hydrogen-bond donors (Lipinski definition) is 3. The van der Waals surface area contributed by atoms with Crippen LogP contribution in [0.4, 0.5) is 4.39 Å². The first-order valence-corrected chi connectivity index (χ1v) is 10.1. The molecule has 3 N–H and O–H groups in total. The van der Waals surface area contributed by atoms with Gasteiger partial charge in [-0.25, -0.2) is 4.39 Å². The van der Waals surface area contributed by atoms with Gasteiger partial charge in [0.1, 0.15) is 5.82 Å². The van der Waals surface area contributed by atoms with Crippen LogP contribution in [-0.2, 0) is 4.79 Å². The first-order chi connectivity index (χ1) is 14.3. The van der Waals surface area contributed by atoms with Crippen LogP contribution in [0.1, 0.15) is 20.0 Å². The predicted octanol–water partition coefficient (Wildman–Crippen LogP) is 4.05. The summed E-state index contributed by atoms with van der Waals surface area (Å²) in [5, 5.41) is 2.93. The Morgan fingerprint density at radius 2 is 1.63 bits per heavy atom. The molecule has 0 aliphatic carbocycles. The molecule has 0 saturated heterocycles. The summed E-state index contributed by atoms with van der Waals surface area (Å²) in [6, 6.07) is 13.6. The molecule has 0 spiro atoms. The molecule has 10 heteroatoms. The fourth-order valence-corrected chi connectivity index (χ4v) is 3.79. The van der Waals surface area contributed by atoms with Crippen LogP contribution in [0, 0.1) is 5.82 Å². The van der Waals surface area contributed by atoms with Gasteiger partial charge in [0.25, 0.3) is 17.7 Å². The van der Waals surface area contributed by atoms with Crippen molar-refractivity contribution in [1.29, 1.82) is 0 Å². The Labute approximate surface area is 185 Å². The first kappa shape index (κ1) is 21.8. The largest absolute Gasteiger partial charge is 0.343 e. The van der Waals surface area contributed by atoms with Crippen molar-refractivity contribution in [2.45, 2.75) is 0 Å². The molecule has 0 bridgehead atoms. The molecule has 0 atom stereocenters. The molecule has 0 radical (unpaired) electrons. The van der Waals surface area contributed by atoms with Crippen LogP contribution in [0.25, 0.3) is 10.4 Å². The third-order valence-electron chi connectivity index (χ3n) is 3.86. The van der Waals surface area contributed by atoms with Gasteiger partial charge in [0.05, 0.1) is 22.0 Å². The van der Waals surface area contributed by atoms with E-state index >= 15 is 0 Å². The van der Waals surface area contributed by atoms with Crippen LogP contribution < -0.4 is 16.2 Å². The molecule has 1 heterocycles. The fraction of sp³-hybridized carbons (Fsp3) is 0.0500. The SMILES string of the molecule is O=C(CNC(=O)c1ccc(Cl)cc1Cl)NNC(=O)c1ccc(-c2ccc(F)cc2)s1. The maximum atomic E-state index is 13.0. The average molecular weight is 466 g/mol. The minimum atomic E-state index is -0.628. The van der Waals surface area contributed by atoms with Crippen LogP contribution in [0.2, 0.25) is 10.0 Å². The van der Waals surface area contributed by atoms with Crippen molar-refractivity contribution in [2.75, 3.05) is 6.54 Å². The van der Waals surface area contributed by atoms with Gasteiger partial charge in [-0.05, 0) is 48.0 Å². The number of hydrogen-bond acceptors (Lipinski definition) is 4. The van der Waals surface area contributed by atoms with Crippen molar-refractivity contribution in [2.24, 2.45) is 0 Å². The summed E-state index contributed by atoms with van der Waals surface area (Å²) in [6.45, 7) is -0.372. The molecule has 0 aliphatic rings. The van der Waals surface area contributed by atoms with E-state index in [-0.39, 0.29) is 22.9 Å². The number of carbonyl (C=O) groups excluding carboxylic acids is 3. The Kier molecular flexibility index (Phi) is 7.04. The minimum absolute atomic E-state index is 0.156. The number of thiophene rings is 1. The zero-order valence-electron chi connectivity index (χ0n) is 15.2. The van der Waals surface area contributed by atoms with Gasteiger partial charge in [0, 0.05) is 9.90 Å². The second-order valence-corrected chi connectivity index (χ2v) is 7.91. The first-order valence-electron chi connectivity index (χ1n) is 8.51. The Bertz CT molecular complexity index is 1100. The highest BCUT2D eigenvalue weighted by atomic mass is 35.5. The van der Waals surface area contributed by atoms with Crippen LogP contribution in [-0.4, -0.2) is 24.3 Å². The molecule has 1 aromatic heterocycles. The molecule has 2 aromatic carbocycles. The van der Waals surface area contributed by atoms with Gasteiger partial charge < -0.3 is 5.32 Å². The zero-order chi connectivity index (χ0) is 21.7. The van der Waals surface area contributed by atoms with Crippen LogP contribution in [0.15, 0.2) is 54.6 Å². The molecule has 154 valence electrons. The summed E-state index contributed by atoms with van der Waals surface area (Å²) in [4.78, 5) is 37.3. The summed E-state index contributed by atoms with van der Waals surface area (Å²) in [6.07, 6.45) is 0. The molecule has 0 unspecified atom stereocenters. The average Bonchev–Trinajstić information content (AvgIpc) is 3.21. The molecule has 3 aromatic rings. The van der Waals surface area contributed by atoms with Gasteiger partial charge >= 0.3 is 0 Å². The third-order valence-corrected chi connectivity index (χ3v) is 5.54. The van der Waals surface area contributed by atoms with E-state index in [1.165, 1.54) is 41.7 Å². The highest BCUT2D eigenvalue weighted by molar-refractivity contribution is 7.17. The molecule has 0 aliphatic heterocycles. The second kappa shape index (κ2) is 9.71. The van der Waals surface area contributed by atoms with E-state index in [9.17, 15) is 18.8 Å². The molecule has 3 rings (SSSR count). The van der Waals surface area contributed by atoms with Gasteiger partial charge in [0.2, 0.25) is 0 Å². The summed E-state index contributed by atoms with van der Waals surface area (Å²) in [5.74, 6) is -2.05. The Hall–Kier alpha value is -2.94. The number of halogens is 3. The summed E-state index contributed by atoms with van der Waals surface area (Å²) < 4.78 is 13.0. The molecule has 30 heavy (non-hydrogen) atoms. The normalized spacial score (nSPS) is 10.4. The molecular formula is C20H14Cl2FN3O3S. The van der Waals surface area contributed by atoms with Crippen molar-refractivity contribution in [3.8, 4) is 10.4 Å². The molecule has 0 fully saturated rings. The van der Waals surface area contributed by atoms with Crippen LogP contribution in [0.3, 0.4) is 0 Å². The van der Waals surface area contributed by atoms with Crippen LogP contribution in [0.5, 0.6) is 0 Å². The maximum Gasteiger partial charge on any atom is 0.279 e. The number of carbonyl (C=O) groups is 3. The van der Waals surface area contributed by atoms with Crippen LogP contribution >= 0.6 is 34.5 Å². The lowest BCUT2D eigenvalue weighted by atomic mass is 10.2. The molecular weight excluding hydrogens is 452 g/mol. The predicted molar refractivity (Wildman–Crippen MR) is 114 cm³/mol. The highest BCUT2D eigenvalue weighted by Gasteiger charge is 2.14. The summed E-state index contributed by atoms with van der Waals surface area (Å²) >= 11 is 12.9. The summed E-state index contributed by atoms with van der Waals surface area (Å²) in [7, 11) is 0. The molecule has 0 saturated carbocycles. The highest BCUT2D eigenvalue weighted by Crippen LogP contribution is 2.28. The quantitative estimate of drug-likeness (QED) is 0.496. The maximum absolute atomic E-state index is 13.0. The standard InChI is InChI=1S/C20H14Cl2FN3O3S/c21-12-3-6-14(15(22)9-12)19(28)24-10-18(27)25-26-20(29)17-8-7-16(30-17)11-1-4-13(23)5-2-11/h1-9H,10H2,(H,24,28)(H,25,27)(H,26,29). The van der Waals surface area contributed by atoms with Gasteiger partial charge in [-0.2, -0.15) is 0 Å². The van der Waals surface area contributed by atoms with Crippen molar-refractivity contribution in [3.05, 3.63) is 80.9 Å². The van der Waals surface area contributed by atoms with Crippen molar-refractivity contribution >= 4 is 52.3 Å². The lowest BCUT2D eigenvalue weighted by Gasteiger charge is -2.08. The molecule has 3 amide bonds. The van der Waals surface area contributed by atoms with E-state index in [0.717, 1.165) is 10.4 Å². The van der Waals surface area contributed by atoms with Gasteiger partial charge in [0.15, 0.2) is 0 Å². The monoisotopic (exact) mass is 465 g/mol. The van der Waals surface area contributed by atoms with Crippen molar-refractivity contribution in [1.82, 2.24) is 16.2 Å². The van der Waals surface area contributed by atoms with Crippen molar-refractivity contribution in [3.63, 3.8) is 0 Å². The van der Waals surface area contributed by atoms with E-state index in [0.29, 0.717) is 9.90 Å². The second-order valence-electron chi connectivity index (χ2n) is 5.98. The summed E-state index contributed by atoms with van der Waals surface area (Å²) in [5.41, 5.74) is 5.43. The van der Waals surface area contributed by atoms with E-state index in [2.05, 4.69) is 16.2 Å². The number of rotatable bonds is 5. The smallest absolute Gasteiger partial charge is 0.279 e. The van der Waals surface area contributed by atoms with E-state index in [1.807, 2.05) is 0 Å². The zero-order valence-corrected chi connectivity index (χ0v) is 17.5. The van der Waals surface area contributed by atoms with Gasteiger partial charge in [-0.1, -0.05) is 35.3 Å². The number of benzene rings is 2. The fourth-order valence-electron chi connectivity index (χ4n) is 2.39. The number of nitrogens with one attached hydrogen (secondary N) is 3. The Morgan fingerprint density at radius 1 is 0.900 bits per heavy atom.